The highest BCUT2D eigenvalue weighted by Gasteiger charge is 2.51. The maximum absolute atomic E-state index is 12.4. The van der Waals surface area contributed by atoms with Crippen molar-refractivity contribution in [2.24, 2.45) is 4.99 Å². The van der Waals surface area contributed by atoms with E-state index in [9.17, 15) is 23.4 Å². The van der Waals surface area contributed by atoms with E-state index in [0.717, 1.165) is 11.8 Å². The van der Waals surface area contributed by atoms with Crippen LogP contribution in [-0.2, 0) is 4.74 Å². The quantitative estimate of drug-likeness (QED) is 0.691. The molecule has 2 saturated heterocycles. The molecule has 5 atom stereocenters. The molecule has 1 unspecified atom stereocenters. The molecule has 2 rings (SSSR count). The van der Waals surface area contributed by atoms with Gasteiger partial charge in [0, 0.05) is 6.54 Å². The molecular weight excluding hydrogens is 285 g/mol. The molecule has 2 heterocycles. The third-order valence-corrected chi connectivity index (χ3v) is 4.06. The van der Waals surface area contributed by atoms with Gasteiger partial charge in [0.15, 0.2) is 5.17 Å². The largest absolute Gasteiger partial charge is 0.391 e. The fourth-order valence-corrected chi connectivity index (χ4v) is 3.30. The van der Waals surface area contributed by atoms with Gasteiger partial charge in [-0.3, -0.25) is 4.99 Å². The second kappa shape index (κ2) is 5.47. The van der Waals surface area contributed by atoms with Crippen molar-refractivity contribution in [1.82, 2.24) is 5.32 Å². The fourth-order valence-electron chi connectivity index (χ4n) is 2.10. The van der Waals surface area contributed by atoms with E-state index in [1.807, 2.05) is 6.92 Å². The van der Waals surface area contributed by atoms with E-state index in [4.69, 9.17) is 4.74 Å². The molecule has 5 nitrogen and oxygen atoms in total. The molecule has 2 aliphatic rings. The molecule has 2 fully saturated rings. The van der Waals surface area contributed by atoms with Crippen LogP contribution in [0.4, 0.5) is 13.2 Å². The monoisotopic (exact) mass is 300 g/mol. The first-order valence-electron chi connectivity index (χ1n) is 5.88. The van der Waals surface area contributed by atoms with Crippen LogP contribution in [0.15, 0.2) is 4.99 Å². The molecule has 0 aromatic carbocycles. The molecule has 19 heavy (non-hydrogen) atoms. The van der Waals surface area contributed by atoms with Crippen LogP contribution < -0.4 is 5.32 Å². The lowest BCUT2D eigenvalue weighted by Crippen LogP contribution is -2.59. The standard InChI is InChI=1S/C10H15F3N2O3S/c1-2-14-9-15-5-7(17)6(16)4(3-10(11,12)13)18-8(5)19-9/h4-8,16-17H,2-3H2,1H3,(H,14,15)/t4?,5-,6-,7-,8-/m1/s1. The van der Waals surface area contributed by atoms with Crippen LogP contribution >= 0.6 is 11.8 Å². The summed E-state index contributed by atoms with van der Waals surface area (Å²) in [6.45, 7) is 2.33. The summed E-state index contributed by atoms with van der Waals surface area (Å²) in [4.78, 5) is 4.08. The van der Waals surface area contributed by atoms with Gasteiger partial charge in [-0.25, -0.2) is 0 Å². The molecule has 110 valence electrons. The summed E-state index contributed by atoms with van der Waals surface area (Å²) in [5, 5.41) is 22.9. The minimum absolute atomic E-state index is 0.511. The number of fused-ring (bicyclic) bond motifs is 1. The topological polar surface area (TPSA) is 74.1 Å². The highest BCUT2D eigenvalue weighted by Crippen LogP contribution is 2.37. The van der Waals surface area contributed by atoms with E-state index in [-0.39, 0.29) is 0 Å². The van der Waals surface area contributed by atoms with Crippen LogP contribution in [-0.4, -0.2) is 57.9 Å². The van der Waals surface area contributed by atoms with E-state index in [2.05, 4.69) is 10.3 Å². The second-order valence-corrected chi connectivity index (χ2v) is 5.50. The first-order valence-corrected chi connectivity index (χ1v) is 6.75. The number of rotatable bonds is 2. The van der Waals surface area contributed by atoms with Gasteiger partial charge in [-0.05, 0) is 6.92 Å². The predicted octanol–water partition coefficient (Wildman–Crippen LogP) is 0.466. The number of amidine groups is 1. The number of thioether (sulfide) groups is 1. The van der Waals surface area contributed by atoms with Crippen LogP contribution in [0, 0.1) is 0 Å². The Morgan fingerprint density at radius 3 is 2.63 bits per heavy atom. The average Bonchev–Trinajstić information content (AvgIpc) is 2.67. The van der Waals surface area contributed by atoms with Gasteiger partial charge >= 0.3 is 6.18 Å². The summed E-state index contributed by atoms with van der Waals surface area (Å²) >= 11 is 1.13. The van der Waals surface area contributed by atoms with Gasteiger partial charge in [-0.1, -0.05) is 11.8 Å². The minimum Gasteiger partial charge on any atom is -0.388 e. The number of hydrogen-bond donors (Lipinski definition) is 3. The Hall–Kier alpha value is -0.510. The molecule has 2 aliphatic heterocycles. The van der Waals surface area contributed by atoms with Crippen molar-refractivity contribution in [3.05, 3.63) is 0 Å². The van der Waals surface area contributed by atoms with Crippen LogP contribution in [0.3, 0.4) is 0 Å². The zero-order valence-corrected chi connectivity index (χ0v) is 10.9. The number of aliphatic hydroxyl groups excluding tert-OH is 2. The summed E-state index contributed by atoms with van der Waals surface area (Å²) in [6, 6.07) is -0.644. The molecule has 0 amide bonds. The Morgan fingerprint density at radius 2 is 2.05 bits per heavy atom. The number of halogens is 3. The lowest BCUT2D eigenvalue weighted by atomic mass is 9.96. The molecule has 0 radical (unpaired) electrons. The zero-order chi connectivity index (χ0) is 14.2. The number of nitrogens with zero attached hydrogens (tertiary/aromatic N) is 1. The van der Waals surface area contributed by atoms with Gasteiger partial charge < -0.3 is 20.3 Å². The second-order valence-electron chi connectivity index (χ2n) is 4.41. The molecule has 0 spiro atoms. The fraction of sp³-hybridized carbons (Fsp3) is 0.900. The first kappa shape index (κ1) is 14.9. The predicted molar refractivity (Wildman–Crippen MR) is 63.8 cm³/mol. The number of ether oxygens (including phenoxy) is 1. The Bertz CT molecular complexity index is 366. The maximum atomic E-state index is 12.4. The molecule has 0 saturated carbocycles. The zero-order valence-electron chi connectivity index (χ0n) is 10.1. The summed E-state index contributed by atoms with van der Waals surface area (Å²) < 4.78 is 42.3. The van der Waals surface area contributed by atoms with Crippen molar-refractivity contribution >= 4 is 16.9 Å². The van der Waals surface area contributed by atoms with Crippen molar-refractivity contribution in [2.75, 3.05) is 6.54 Å². The van der Waals surface area contributed by atoms with Gasteiger partial charge in [0.05, 0.1) is 18.6 Å². The van der Waals surface area contributed by atoms with Crippen molar-refractivity contribution in [3.8, 4) is 0 Å². The molecule has 9 heteroatoms. The van der Waals surface area contributed by atoms with Crippen LogP contribution in [0.2, 0.25) is 0 Å². The highest BCUT2D eigenvalue weighted by atomic mass is 32.2. The van der Waals surface area contributed by atoms with Gasteiger partial charge in [0.2, 0.25) is 0 Å². The molecule has 0 aliphatic carbocycles. The number of aliphatic hydroxyl groups is 2. The van der Waals surface area contributed by atoms with Crippen LogP contribution in [0.1, 0.15) is 13.3 Å². The number of hydrogen-bond acceptors (Lipinski definition) is 5. The summed E-state index contributed by atoms with van der Waals surface area (Å²) in [5.41, 5.74) is -0.670. The van der Waals surface area contributed by atoms with Crippen LogP contribution in [0.25, 0.3) is 0 Å². The van der Waals surface area contributed by atoms with E-state index in [0.29, 0.717) is 11.7 Å². The Morgan fingerprint density at radius 1 is 1.37 bits per heavy atom. The molecule has 0 aromatic rings. The lowest BCUT2D eigenvalue weighted by Gasteiger charge is -2.39. The smallest absolute Gasteiger partial charge is 0.388 e. The number of aliphatic imine (C=N–C) groups is 1. The average molecular weight is 300 g/mol. The Balaban J connectivity index is 2.08. The van der Waals surface area contributed by atoms with Crippen LogP contribution in [0.5, 0.6) is 0 Å². The summed E-state index contributed by atoms with van der Waals surface area (Å²) in [5.74, 6) is 0. The van der Waals surface area contributed by atoms with Crippen molar-refractivity contribution in [3.63, 3.8) is 0 Å². The normalized spacial score (nSPS) is 41.2. The first-order chi connectivity index (χ1) is 8.81. The molecule has 0 aromatic heterocycles. The lowest BCUT2D eigenvalue weighted by molar-refractivity contribution is -0.211. The van der Waals surface area contributed by atoms with Gasteiger partial charge in [0.1, 0.15) is 17.6 Å². The van der Waals surface area contributed by atoms with E-state index in [1.54, 1.807) is 0 Å². The van der Waals surface area contributed by atoms with Crippen molar-refractivity contribution in [2.45, 2.75) is 49.3 Å². The Kier molecular flexibility index (Phi) is 4.29. The van der Waals surface area contributed by atoms with Gasteiger partial charge in [-0.2, -0.15) is 13.2 Å². The molecular formula is C10H15F3N2O3S. The number of nitrogens with one attached hydrogen (secondary N) is 1. The van der Waals surface area contributed by atoms with Gasteiger partial charge in [0.25, 0.3) is 0 Å². The SMILES string of the molecule is CCN=C1N[C@@H]2[C@@H](O)[C@H](O)C(CC(F)(F)F)O[C@@H]2S1. The summed E-state index contributed by atoms with van der Waals surface area (Å²) in [6.07, 6.45) is -10.1. The molecule has 0 bridgehead atoms. The third kappa shape index (κ3) is 3.33. The summed E-state index contributed by atoms with van der Waals surface area (Å²) in [7, 11) is 0. The van der Waals surface area contributed by atoms with E-state index >= 15 is 0 Å². The highest BCUT2D eigenvalue weighted by molar-refractivity contribution is 8.14. The Labute approximate surface area is 112 Å². The third-order valence-electron chi connectivity index (χ3n) is 2.95. The van der Waals surface area contributed by atoms with Gasteiger partial charge in [-0.15, -0.1) is 0 Å². The maximum Gasteiger partial charge on any atom is 0.391 e. The van der Waals surface area contributed by atoms with E-state index in [1.165, 1.54) is 0 Å². The van der Waals surface area contributed by atoms with Crippen molar-refractivity contribution < 1.29 is 28.1 Å². The minimum atomic E-state index is -4.45. The molecule has 3 N–H and O–H groups in total. The number of alkyl halides is 3. The van der Waals surface area contributed by atoms with E-state index < -0.39 is 42.4 Å². The van der Waals surface area contributed by atoms with Crippen molar-refractivity contribution in [1.29, 1.82) is 0 Å².